The highest BCUT2D eigenvalue weighted by Gasteiger charge is 2.36. The third-order valence-electron chi connectivity index (χ3n) is 6.21. The smallest absolute Gasteiger partial charge is 0.243 e. The van der Waals surface area contributed by atoms with E-state index in [9.17, 15) is 13.2 Å². The van der Waals surface area contributed by atoms with Crippen LogP contribution in [0, 0.1) is 12.8 Å². The number of aromatic nitrogens is 2. The fourth-order valence-corrected chi connectivity index (χ4v) is 6.99. The molecule has 0 N–H and O–H groups in total. The van der Waals surface area contributed by atoms with Crippen molar-refractivity contribution in [3.8, 4) is 0 Å². The van der Waals surface area contributed by atoms with Crippen LogP contribution in [0.3, 0.4) is 0 Å². The highest BCUT2D eigenvalue weighted by molar-refractivity contribution is 7.89. The molecule has 4 aromatic rings. The summed E-state index contributed by atoms with van der Waals surface area (Å²) < 4.78 is 28.9. The molecule has 1 atom stereocenters. The van der Waals surface area contributed by atoms with Crippen molar-refractivity contribution in [2.24, 2.45) is 5.92 Å². The van der Waals surface area contributed by atoms with Crippen LogP contribution in [-0.2, 0) is 21.4 Å². The molecule has 0 radical (unpaired) electrons. The number of pyridine rings is 1. The molecule has 1 aliphatic heterocycles. The second kappa shape index (κ2) is 9.85. The van der Waals surface area contributed by atoms with Crippen LogP contribution in [0.1, 0.15) is 24.0 Å². The number of hydrogen-bond donors (Lipinski definition) is 0. The van der Waals surface area contributed by atoms with E-state index in [0.29, 0.717) is 31.1 Å². The van der Waals surface area contributed by atoms with Crippen molar-refractivity contribution >= 4 is 42.6 Å². The molecule has 1 aliphatic rings. The normalized spacial score (nSPS) is 16.9. The standard InChI is InChI=1S/C26H26N4O3S2/c1-19-11-12-23-24(15-19)34-26(28-23)30(17-20-7-5-13-27-16-20)25(31)21-8-6-14-29(18-21)35(32,33)22-9-3-2-4-10-22/h2-5,7,9-13,15-16,21H,6,8,14,17-18H2,1H3. The highest BCUT2D eigenvalue weighted by Crippen LogP contribution is 2.33. The van der Waals surface area contributed by atoms with Gasteiger partial charge >= 0.3 is 0 Å². The second-order valence-corrected chi connectivity index (χ2v) is 11.7. The number of anilines is 1. The van der Waals surface area contributed by atoms with E-state index in [0.717, 1.165) is 21.3 Å². The van der Waals surface area contributed by atoms with Gasteiger partial charge in [0, 0.05) is 25.5 Å². The van der Waals surface area contributed by atoms with Gasteiger partial charge < -0.3 is 0 Å². The molecule has 1 fully saturated rings. The fraction of sp³-hybridized carbons (Fsp3) is 0.269. The zero-order valence-corrected chi connectivity index (χ0v) is 21.0. The van der Waals surface area contributed by atoms with E-state index >= 15 is 0 Å². The SMILES string of the molecule is Cc1ccc2nc(N(Cc3cccnc3)C(=O)C3CCCN(S(=O)(=O)c4ccccc4)C3)sc2c1. The molecule has 1 saturated heterocycles. The minimum Gasteiger partial charge on any atom is -0.283 e. The van der Waals surface area contributed by atoms with Crippen LogP contribution >= 0.6 is 11.3 Å². The average molecular weight is 507 g/mol. The minimum absolute atomic E-state index is 0.113. The Morgan fingerprint density at radius 3 is 2.74 bits per heavy atom. The number of hydrogen-bond acceptors (Lipinski definition) is 6. The van der Waals surface area contributed by atoms with E-state index in [1.54, 1.807) is 47.6 Å². The Morgan fingerprint density at radius 2 is 1.97 bits per heavy atom. The number of piperidine rings is 1. The minimum atomic E-state index is -3.66. The molecule has 3 heterocycles. The maximum absolute atomic E-state index is 13.9. The lowest BCUT2D eigenvalue weighted by Crippen LogP contribution is -2.46. The molecule has 5 rings (SSSR count). The van der Waals surface area contributed by atoms with Gasteiger partial charge in [0.2, 0.25) is 15.9 Å². The molecule has 2 aromatic heterocycles. The molecule has 1 amide bonds. The summed E-state index contributed by atoms with van der Waals surface area (Å²) in [5, 5.41) is 0.613. The van der Waals surface area contributed by atoms with Gasteiger partial charge in [-0.2, -0.15) is 4.31 Å². The summed E-state index contributed by atoms with van der Waals surface area (Å²) in [5.41, 5.74) is 2.87. The quantitative estimate of drug-likeness (QED) is 0.381. The van der Waals surface area contributed by atoms with E-state index in [1.165, 1.54) is 15.6 Å². The van der Waals surface area contributed by atoms with Crippen LogP contribution in [0.4, 0.5) is 5.13 Å². The maximum atomic E-state index is 13.9. The van der Waals surface area contributed by atoms with Gasteiger partial charge in [-0.15, -0.1) is 0 Å². The van der Waals surface area contributed by atoms with Crippen molar-refractivity contribution in [1.29, 1.82) is 0 Å². The molecule has 0 spiro atoms. The largest absolute Gasteiger partial charge is 0.283 e. The summed E-state index contributed by atoms with van der Waals surface area (Å²) >= 11 is 1.48. The molecule has 9 heteroatoms. The first-order valence-corrected chi connectivity index (χ1v) is 13.8. The molecular weight excluding hydrogens is 480 g/mol. The van der Waals surface area contributed by atoms with Crippen LogP contribution < -0.4 is 4.90 Å². The average Bonchev–Trinajstić information content (AvgIpc) is 3.31. The lowest BCUT2D eigenvalue weighted by Gasteiger charge is -2.33. The van der Waals surface area contributed by atoms with Gasteiger partial charge in [-0.05, 0) is 61.2 Å². The molecule has 180 valence electrons. The first-order chi connectivity index (χ1) is 16.9. The van der Waals surface area contributed by atoms with Crippen LogP contribution in [0.25, 0.3) is 10.2 Å². The van der Waals surface area contributed by atoms with Gasteiger partial charge in [0.1, 0.15) is 0 Å². The van der Waals surface area contributed by atoms with Crippen LogP contribution in [0.5, 0.6) is 0 Å². The van der Waals surface area contributed by atoms with Crippen molar-refractivity contribution in [2.75, 3.05) is 18.0 Å². The summed E-state index contributed by atoms with van der Waals surface area (Å²) in [6.07, 6.45) is 4.70. The molecule has 2 aromatic carbocycles. The fourth-order valence-electron chi connectivity index (χ4n) is 4.37. The van der Waals surface area contributed by atoms with E-state index in [1.807, 2.05) is 31.2 Å². The van der Waals surface area contributed by atoms with E-state index < -0.39 is 15.9 Å². The number of thiazole rings is 1. The zero-order chi connectivity index (χ0) is 24.4. The maximum Gasteiger partial charge on any atom is 0.243 e. The predicted molar refractivity (Wildman–Crippen MR) is 138 cm³/mol. The highest BCUT2D eigenvalue weighted by atomic mass is 32.2. The van der Waals surface area contributed by atoms with Crippen molar-refractivity contribution in [3.05, 3.63) is 84.2 Å². The van der Waals surface area contributed by atoms with E-state index in [-0.39, 0.29) is 17.3 Å². The molecule has 0 aliphatic carbocycles. The van der Waals surface area contributed by atoms with Crippen LogP contribution in [-0.4, -0.2) is 41.7 Å². The van der Waals surface area contributed by atoms with Crippen molar-refractivity contribution in [1.82, 2.24) is 14.3 Å². The Labute approximate surface area is 209 Å². The van der Waals surface area contributed by atoms with Gasteiger partial charge in [0.05, 0.1) is 27.6 Å². The molecular formula is C26H26N4O3S2. The van der Waals surface area contributed by atoms with Crippen LogP contribution in [0.15, 0.2) is 78.0 Å². The van der Waals surface area contributed by atoms with Gasteiger partial charge in [0.25, 0.3) is 0 Å². The number of sulfonamides is 1. The number of nitrogens with zero attached hydrogens (tertiary/aromatic N) is 4. The van der Waals surface area contributed by atoms with Gasteiger partial charge in [-0.1, -0.05) is 41.7 Å². The lowest BCUT2D eigenvalue weighted by atomic mass is 9.98. The van der Waals surface area contributed by atoms with Gasteiger partial charge in [-0.3, -0.25) is 14.7 Å². The van der Waals surface area contributed by atoms with Gasteiger partial charge in [-0.25, -0.2) is 13.4 Å². The molecule has 35 heavy (non-hydrogen) atoms. The predicted octanol–water partition coefficient (Wildman–Crippen LogP) is 4.63. The Bertz CT molecular complexity index is 1440. The first-order valence-electron chi connectivity index (χ1n) is 11.5. The Morgan fingerprint density at radius 1 is 1.14 bits per heavy atom. The van der Waals surface area contributed by atoms with Crippen LogP contribution in [0.2, 0.25) is 0 Å². The summed E-state index contributed by atoms with van der Waals surface area (Å²) in [4.78, 5) is 24.8. The number of rotatable bonds is 6. The van der Waals surface area contributed by atoms with E-state index in [2.05, 4.69) is 11.1 Å². The Balaban J connectivity index is 1.45. The number of amides is 1. The summed E-state index contributed by atoms with van der Waals surface area (Å²) in [5.74, 6) is -0.565. The number of fused-ring (bicyclic) bond motifs is 1. The zero-order valence-electron chi connectivity index (χ0n) is 19.4. The molecule has 1 unspecified atom stereocenters. The van der Waals surface area contributed by atoms with Crippen molar-refractivity contribution < 1.29 is 13.2 Å². The topological polar surface area (TPSA) is 83.5 Å². The third-order valence-corrected chi connectivity index (χ3v) is 9.13. The van der Waals surface area contributed by atoms with Crippen molar-refractivity contribution in [3.63, 3.8) is 0 Å². The monoisotopic (exact) mass is 506 g/mol. The Kier molecular flexibility index (Phi) is 6.64. The summed E-state index contributed by atoms with van der Waals surface area (Å²) in [7, 11) is -3.66. The second-order valence-electron chi connectivity index (χ2n) is 8.77. The number of carbonyl (C=O) groups is 1. The van der Waals surface area contributed by atoms with Gasteiger partial charge in [0.15, 0.2) is 5.13 Å². The van der Waals surface area contributed by atoms with Crippen molar-refractivity contribution in [2.45, 2.75) is 31.2 Å². The summed E-state index contributed by atoms with van der Waals surface area (Å²) in [6.45, 7) is 2.92. The molecule has 0 saturated carbocycles. The first kappa shape index (κ1) is 23.6. The summed E-state index contributed by atoms with van der Waals surface area (Å²) in [6, 6.07) is 18.2. The third kappa shape index (κ3) is 4.98. The number of benzene rings is 2. The van der Waals surface area contributed by atoms with E-state index in [4.69, 9.17) is 4.98 Å². The molecule has 0 bridgehead atoms. The number of carbonyl (C=O) groups excluding carboxylic acids is 1. The number of aryl methyl sites for hydroxylation is 1. The molecule has 7 nitrogen and oxygen atoms in total. The Hall–Kier alpha value is -3.14. The lowest BCUT2D eigenvalue weighted by molar-refractivity contribution is -0.123.